The quantitative estimate of drug-likeness (QED) is 0.173. The van der Waals surface area contributed by atoms with E-state index in [1.54, 1.807) is 0 Å². The van der Waals surface area contributed by atoms with Crippen molar-refractivity contribution in [1.29, 1.82) is 0 Å². The smallest absolute Gasteiger partial charge is 0.216 e. The van der Waals surface area contributed by atoms with Crippen LogP contribution in [-0.2, 0) is 48.4 Å². The van der Waals surface area contributed by atoms with Crippen LogP contribution in [0.1, 0.15) is 0 Å². The summed E-state index contributed by atoms with van der Waals surface area (Å²) in [6.45, 7) is 5.62. The molecule has 14 nitrogen and oxygen atoms in total. The summed E-state index contributed by atoms with van der Waals surface area (Å²) < 4.78 is 48.3. The van der Waals surface area contributed by atoms with E-state index in [9.17, 15) is 47.6 Å². The molecule has 4 unspecified atom stereocenters. The van der Waals surface area contributed by atoms with E-state index in [4.69, 9.17) is 10.2 Å². The van der Waals surface area contributed by atoms with Crippen LogP contribution in [0.2, 0.25) is 0 Å². The molecule has 0 spiro atoms. The van der Waals surface area contributed by atoms with Gasteiger partial charge in [-0.3, -0.25) is 9.13 Å². The Balaban J connectivity index is -0.000000372. The zero-order valence-electron chi connectivity index (χ0n) is 11.7. The minimum Gasteiger partial charge on any atom is -0.809 e. The van der Waals surface area contributed by atoms with Crippen molar-refractivity contribution in [1.82, 2.24) is 0 Å². The van der Waals surface area contributed by atoms with Gasteiger partial charge in [-0.25, -0.2) is 0 Å². The number of aliphatic hydroxyl groups excluding tert-OH is 2. The van der Waals surface area contributed by atoms with Crippen molar-refractivity contribution in [3.8, 4) is 0 Å². The Hall–Kier alpha value is 0.368. The maximum Gasteiger partial charge on any atom is 0.216 e. The summed E-state index contributed by atoms with van der Waals surface area (Å²) in [5.41, 5.74) is -6.13. The maximum absolute atomic E-state index is 10.5. The largest absolute Gasteiger partial charge is 0.809 e. The molecular formula is C6H10MoO14P4-6. The van der Waals surface area contributed by atoms with Gasteiger partial charge in [0.15, 0.2) is 11.2 Å². The summed E-state index contributed by atoms with van der Waals surface area (Å²) in [7, 11) is -21.4. The first-order valence-electron chi connectivity index (χ1n) is 5.03. The molecule has 0 amide bonds. The van der Waals surface area contributed by atoms with Crippen molar-refractivity contribution in [2.75, 3.05) is 0 Å². The predicted molar refractivity (Wildman–Crippen MR) is 65.0 cm³/mol. The Morgan fingerprint density at radius 3 is 1.04 bits per heavy atom. The molecule has 0 saturated carbocycles. The number of hydrogen-bond donors (Lipinski definition) is 2. The number of hydrogen-bond acceptors (Lipinski definition) is 14. The molecule has 0 radical (unpaired) electrons. The SMILES string of the molecule is C=COP(=O)([O-])C(O)P(=O)([O-])[O-].C=COP(=O)([O-])C(O)P(=O)([O-])[O-].[Mo]. The molecule has 0 fully saturated rings. The van der Waals surface area contributed by atoms with E-state index in [1.807, 2.05) is 0 Å². The van der Waals surface area contributed by atoms with Gasteiger partial charge in [0.1, 0.15) is 0 Å². The Kier molecular flexibility index (Phi) is 13.6. The van der Waals surface area contributed by atoms with Gasteiger partial charge in [-0.15, -0.1) is 0 Å². The Morgan fingerprint density at radius 1 is 0.720 bits per heavy atom. The third kappa shape index (κ3) is 11.6. The van der Waals surface area contributed by atoms with Crippen molar-refractivity contribution >= 4 is 30.4 Å². The third-order valence-corrected chi connectivity index (χ3v) is 8.12. The molecule has 19 heteroatoms. The van der Waals surface area contributed by atoms with E-state index in [0.29, 0.717) is 12.5 Å². The van der Waals surface area contributed by atoms with E-state index >= 15 is 0 Å². The van der Waals surface area contributed by atoms with E-state index < -0.39 is 41.6 Å². The first-order valence-corrected chi connectivity index (χ1v) is 11.5. The van der Waals surface area contributed by atoms with Crippen LogP contribution < -0.4 is 29.4 Å². The second kappa shape index (κ2) is 11.3. The van der Waals surface area contributed by atoms with Gasteiger partial charge >= 0.3 is 0 Å². The predicted octanol–water partition coefficient (Wildman–Crippen LogP) is -4.22. The Bertz CT molecular complexity index is 567. The van der Waals surface area contributed by atoms with Crippen molar-refractivity contribution < 1.29 is 87.9 Å². The Morgan fingerprint density at radius 2 is 0.920 bits per heavy atom. The molecule has 0 bridgehead atoms. The number of rotatable bonds is 8. The first kappa shape index (κ1) is 30.1. The molecule has 4 atom stereocenters. The van der Waals surface area contributed by atoms with Gasteiger partial charge < -0.3 is 57.8 Å². The first-order chi connectivity index (χ1) is 10.4. The molecule has 0 aromatic rings. The second-order valence-electron chi connectivity index (χ2n) is 3.40. The van der Waals surface area contributed by atoms with Crippen LogP contribution >= 0.6 is 30.4 Å². The molecule has 0 saturated heterocycles. The van der Waals surface area contributed by atoms with Crippen molar-refractivity contribution in [2.24, 2.45) is 0 Å². The Labute approximate surface area is 155 Å². The minimum absolute atomic E-state index is 0. The fraction of sp³-hybridized carbons (Fsp3) is 0.333. The van der Waals surface area contributed by atoms with E-state index in [2.05, 4.69) is 22.2 Å². The van der Waals surface area contributed by atoms with Gasteiger partial charge in [0.05, 0.1) is 12.5 Å². The van der Waals surface area contributed by atoms with Crippen LogP contribution in [0.15, 0.2) is 25.7 Å². The van der Waals surface area contributed by atoms with Gasteiger partial charge in [-0.2, -0.15) is 0 Å². The molecule has 0 aliphatic rings. The molecule has 0 heterocycles. The van der Waals surface area contributed by atoms with Gasteiger partial charge in [0, 0.05) is 21.1 Å². The summed E-state index contributed by atoms with van der Waals surface area (Å²) in [5, 5.41) is 16.8. The second-order valence-corrected chi connectivity index (χ2v) is 10.9. The molecule has 25 heavy (non-hydrogen) atoms. The van der Waals surface area contributed by atoms with Crippen molar-refractivity contribution in [3.05, 3.63) is 25.7 Å². The third-order valence-electron chi connectivity index (χ3n) is 1.57. The van der Waals surface area contributed by atoms with Crippen LogP contribution in [0.4, 0.5) is 0 Å². The average Bonchev–Trinajstić information content (AvgIpc) is 2.35. The molecule has 0 aliphatic carbocycles. The normalized spacial score (nSPS) is 18.6. The molecule has 0 rings (SSSR count). The van der Waals surface area contributed by atoms with E-state index in [0.717, 1.165) is 0 Å². The molecule has 0 aromatic carbocycles. The van der Waals surface area contributed by atoms with E-state index in [1.165, 1.54) is 0 Å². The van der Waals surface area contributed by atoms with Gasteiger partial charge in [-0.05, 0) is 15.2 Å². The summed E-state index contributed by atoms with van der Waals surface area (Å²) in [4.78, 5) is 60.9. The van der Waals surface area contributed by atoms with Gasteiger partial charge in [0.25, 0.3) is 0 Å². The van der Waals surface area contributed by atoms with Crippen LogP contribution in [0, 0.1) is 0 Å². The summed E-state index contributed by atoms with van der Waals surface area (Å²) in [5.74, 6) is 0. The van der Waals surface area contributed by atoms with Crippen molar-refractivity contribution in [3.63, 3.8) is 0 Å². The van der Waals surface area contributed by atoms with Crippen LogP contribution in [0.3, 0.4) is 0 Å². The summed E-state index contributed by atoms with van der Waals surface area (Å²) in [6.07, 6.45) is 0.791. The van der Waals surface area contributed by atoms with Crippen LogP contribution in [0.5, 0.6) is 0 Å². The molecule has 150 valence electrons. The van der Waals surface area contributed by atoms with E-state index in [-0.39, 0.29) is 21.1 Å². The zero-order valence-corrected chi connectivity index (χ0v) is 17.3. The summed E-state index contributed by atoms with van der Waals surface area (Å²) in [6, 6.07) is 0. The zero-order chi connectivity index (χ0) is 20.0. The van der Waals surface area contributed by atoms with Crippen LogP contribution in [-0.4, -0.2) is 21.4 Å². The van der Waals surface area contributed by atoms with Crippen molar-refractivity contribution in [2.45, 2.75) is 11.2 Å². The average molecular weight is 526 g/mol. The standard InChI is InChI=1S/2C3H8O7P2.Mo/c2*1-2-10-12(8,9)3(4)11(5,6)7;/h2*2-4H,1H2,(H,8,9)(H2,5,6,7);/p-6. The summed E-state index contributed by atoms with van der Waals surface area (Å²) >= 11 is 0. The van der Waals surface area contributed by atoms with Gasteiger partial charge in [-0.1, -0.05) is 13.2 Å². The van der Waals surface area contributed by atoms with Gasteiger partial charge in [0.2, 0.25) is 15.2 Å². The molecule has 0 aliphatic heterocycles. The maximum atomic E-state index is 10.5. The fourth-order valence-corrected chi connectivity index (χ4v) is 4.39. The molecule has 0 aromatic heterocycles. The van der Waals surface area contributed by atoms with Crippen LogP contribution in [0.25, 0.3) is 0 Å². The number of aliphatic hydroxyl groups is 2. The monoisotopic (exact) mass is 528 g/mol. The molecular weight excluding hydrogens is 516 g/mol. The topological polar surface area (TPSA) is 266 Å². The fourth-order valence-electron chi connectivity index (χ4n) is 0.663. The molecule has 2 N–H and O–H groups in total. The minimum atomic E-state index is -5.60.